The molecule has 3 fully saturated rings. The first-order chi connectivity index (χ1) is 18.4. The van der Waals surface area contributed by atoms with Crippen LogP contribution < -0.4 is 15.4 Å². The highest BCUT2D eigenvalue weighted by molar-refractivity contribution is 9.09. The molecular formula is C28H40BrN3O5S. The number of benzene rings is 1. The first-order valence-corrected chi connectivity index (χ1v) is 15.7. The monoisotopic (exact) mass is 609 g/mol. The number of carbonyl (C=O) groups excluding carboxylic acids is 3. The van der Waals surface area contributed by atoms with Crippen LogP contribution in [0, 0.1) is 11.8 Å². The Kier molecular flexibility index (Phi) is 10.0. The van der Waals surface area contributed by atoms with Gasteiger partial charge in [-0.2, -0.15) is 0 Å². The molecule has 0 aliphatic carbocycles. The van der Waals surface area contributed by atoms with E-state index in [1.807, 2.05) is 31.2 Å². The Bertz CT molecular complexity index is 995. The lowest BCUT2D eigenvalue weighted by molar-refractivity contribution is -0.139. The van der Waals surface area contributed by atoms with Gasteiger partial charge in [0.2, 0.25) is 17.7 Å². The van der Waals surface area contributed by atoms with Crippen molar-refractivity contribution in [1.29, 1.82) is 0 Å². The van der Waals surface area contributed by atoms with E-state index in [2.05, 4.69) is 33.5 Å². The largest absolute Gasteiger partial charge is 0.494 e. The van der Waals surface area contributed by atoms with Gasteiger partial charge in [-0.05, 0) is 56.9 Å². The second-order valence-electron chi connectivity index (χ2n) is 10.4. The number of halogens is 1. The molecule has 3 aliphatic rings. The molecule has 210 valence electrons. The third kappa shape index (κ3) is 5.72. The van der Waals surface area contributed by atoms with E-state index >= 15 is 0 Å². The number of amides is 3. The van der Waals surface area contributed by atoms with Crippen molar-refractivity contribution < 1.29 is 24.2 Å². The summed E-state index contributed by atoms with van der Waals surface area (Å²) < 4.78 is 4.88. The number of thioether (sulfide) groups is 1. The minimum absolute atomic E-state index is 0.0445. The summed E-state index contributed by atoms with van der Waals surface area (Å²) in [5.41, 5.74) is 0.659. The van der Waals surface area contributed by atoms with E-state index in [-0.39, 0.29) is 34.4 Å². The number of nitrogens with zero attached hydrogens (tertiary/aromatic N) is 1. The molecule has 2 bridgehead atoms. The molecule has 3 N–H and O–H groups in total. The van der Waals surface area contributed by atoms with Crippen LogP contribution in [-0.2, 0) is 14.4 Å². The average Bonchev–Trinajstić information content (AvgIpc) is 3.49. The van der Waals surface area contributed by atoms with Crippen LogP contribution in [0.3, 0.4) is 0 Å². The van der Waals surface area contributed by atoms with Crippen LogP contribution in [0.1, 0.15) is 58.8 Å². The van der Waals surface area contributed by atoms with Gasteiger partial charge in [0.25, 0.3) is 0 Å². The zero-order chi connectivity index (χ0) is 27.3. The van der Waals surface area contributed by atoms with Gasteiger partial charge in [-0.15, -0.1) is 11.8 Å². The fourth-order valence-corrected chi connectivity index (χ4v) is 9.84. The minimum Gasteiger partial charge on any atom is -0.494 e. The summed E-state index contributed by atoms with van der Waals surface area (Å²) >= 11 is 5.47. The summed E-state index contributed by atoms with van der Waals surface area (Å²) in [6.45, 7) is 5.79. The molecule has 1 aromatic carbocycles. The van der Waals surface area contributed by atoms with Gasteiger partial charge in [0.1, 0.15) is 11.8 Å². The van der Waals surface area contributed by atoms with Gasteiger partial charge < -0.3 is 25.4 Å². The zero-order valence-corrected chi connectivity index (χ0v) is 24.7. The number of hydrogen-bond donors (Lipinski definition) is 3. The molecule has 0 aromatic heterocycles. The molecule has 1 aromatic rings. The Morgan fingerprint density at radius 3 is 2.55 bits per heavy atom. The van der Waals surface area contributed by atoms with Crippen molar-refractivity contribution in [2.45, 2.75) is 79.7 Å². The van der Waals surface area contributed by atoms with Crippen LogP contribution in [0.25, 0.3) is 0 Å². The van der Waals surface area contributed by atoms with E-state index in [0.717, 1.165) is 44.3 Å². The Morgan fingerprint density at radius 1 is 1.13 bits per heavy atom. The predicted molar refractivity (Wildman–Crippen MR) is 154 cm³/mol. The van der Waals surface area contributed by atoms with E-state index < -0.39 is 22.6 Å². The number of ether oxygens (including phenoxy) is 1. The third-order valence-electron chi connectivity index (χ3n) is 7.91. The summed E-state index contributed by atoms with van der Waals surface area (Å²) in [6.07, 6.45) is 5.80. The lowest BCUT2D eigenvalue weighted by atomic mass is 9.70. The smallest absolute Gasteiger partial charge is 0.244 e. The molecule has 8 nitrogen and oxygen atoms in total. The normalized spacial score (nSPS) is 29.4. The van der Waals surface area contributed by atoms with Crippen LogP contribution >= 0.6 is 27.7 Å². The summed E-state index contributed by atoms with van der Waals surface area (Å²) in [4.78, 5) is 43.1. The lowest BCUT2D eigenvalue weighted by Crippen LogP contribution is -2.54. The molecule has 4 rings (SSSR count). The molecule has 6 atom stereocenters. The number of fused-ring (bicyclic) bond motifs is 1. The van der Waals surface area contributed by atoms with Gasteiger partial charge in [0.15, 0.2) is 0 Å². The van der Waals surface area contributed by atoms with Crippen LogP contribution in [0.4, 0.5) is 5.69 Å². The van der Waals surface area contributed by atoms with Crippen molar-refractivity contribution in [3.8, 4) is 5.75 Å². The van der Waals surface area contributed by atoms with E-state index in [0.29, 0.717) is 31.8 Å². The third-order valence-corrected chi connectivity index (χ3v) is 11.1. The second kappa shape index (κ2) is 13.0. The maximum atomic E-state index is 14.0. The molecule has 3 unspecified atom stereocenters. The first-order valence-electron chi connectivity index (χ1n) is 13.9. The van der Waals surface area contributed by atoms with Gasteiger partial charge in [-0.3, -0.25) is 14.4 Å². The highest BCUT2D eigenvalue weighted by Crippen LogP contribution is 2.67. The van der Waals surface area contributed by atoms with E-state index in [1.54, 1.807) is 16.7 Å². The SMILES string of the molecule is CCCCNC(=O)C1N(CCCCCCO)C(=O)[C@@H]2[C@H](C(=O)Nc3ccc(OCC)cc3)[C@H]3SC12CC3Br. The van der Waals surface area contributed by atoms with Gasteiger partial charge in [0.05, 0.1) is 23.2 Å². The Labute approximate surface area is 238 Å². The van der Waals surface area contributed by atoms with Crippen LogP contribution in [0.2, 0.25) is 0 Å². The summed E-state index contributed by atoms with van der Waals surface area (Å²) in [6, 6.07) is 6.67. The number of alkyl halides is 1. The molecule has 38 heavy (non-hydrogen) atoms. The molecule has 0 radical (unpaired) electrons. The molecule has 3 aliphatic heterocycles. The predicted octanol–water partition coefficient (Wildman–Crippen LogP) is 3.96. The van der Waals surface area contributed by atoms with E-state index in [4.69, 9.17) is 9.84 Å². The Morgan fingerprint density at radius 2 is 1.87 bits per heavy atom. The molecule has 0 saturated carbocycles. The van der Waals surface area contributed by atoms with Crippen molar-refractivity contribution in [1.82, 2.24) is 10.2 Å². The van der Waals surface area contributed by atoms with E-state index in [9.17, 15) is 14.4 Å². The fourth-order valence-electron chi connectivity index (χ4n) is 6.23. The molecule has 10 heteroatoms. The zero-order valence-electron chi connectivity index (χ0n) is 22.3. The lowest BCUT2D eigenvalue weighted by Gasteiger charge is -2.35. The van der Waals surface area contributed by atoms with Crippen LogP contribution in [-0.4, -0.2) is 74.9 Å². The average molecular weight is 611 g/mol. The molecule has 1 spiro atoms. The number of aliphatic hydroxyl groups excluding tert-OH is 1. The van der Waals surface area contributed by atoms with Crippen molar-refractivity contribution in [2.75, 3.05) is 31.6 Å². The van der Waals surface area contributed by atoms with Gasteiger partial charge in [-0.1, -0.05) is 42.1 Å². The van der Waals surface area contributed by atoms with E-state index in [1.165, 1.54) is 0 Å². The quantitative estimate of drug-likeness (QED) is 0.218. The van der Waals surface area contributed by atoms with Gasteiger partial charge in [0, 0.05) is 35.5 Å². The number of likely N-dealkylation sites (tertiary alicyclic amines) is 1. The standard InChI is InChI=1S/C28H40BrN3O5S/c1-3-5-14-30-26(35)24-28-17-20(29)23(38-28)21(22(28)27(36)32(24)15-8-6-7-9-16-33)25(34)31-18-10-12-19(13-11-18)37-4-2/h10-13,20-24,33H,3-9,14-17H2,1-2H3,(H,30,35)(H,31,34)/t20?,21-,22-,23-,24?,28?/m0/s1. The second-order valence-corrected chi connectivity index (χ2v) is 13.1. The van der Waals surface area contributed by atoms with Gasteiger partial charge >= 0.3 is 0 Å². The number of nitrogens with one attached hydrogen (secondary N) is 2. The maximum Gasteiger partial charge on any atom is 0.244 e. The molecule has 3 saturated heterocycles. The number of hydrogen-bond acceptors (Lipinski definition) is 6. The van der Waals surface area contributed by atoms with Crippen LogP contribution in [0.15, 0.2) is 24.3 Å². The number of carbonyl (C=O) groups is 3. The number of anilines is 1. The highest BCUT2D eigenvalue weighted by Gasteiger charge is 2.75. The topological polar surface area (TPSA) is 108 Å². The molecular weight excluding hydrogens is 570 g/mol. The summed E-state index contributed by atoms with van der Waals surface area (Å²) in [5.74, 6) is -0.686. The molecule has 3 heterocycles. The number of unbranched alkanes of at least 4 members (excludes halogenated alkanes) is 4. The first kappa shape index (κ1) is 29.2. The van der Waals surface area contributed by atoms with Crippen molar-refractivity contribution in [3.05, 3.63) is 24.3 Å². The summed E-state index contributed by atoms with van der Waals surface area (Å²) in [5, 5.41) is 15.1. The number of aliphatic hydroxyl groups is 1. The van der Waals surface area contributed by atoms with Crippen molar-refractivity contribution in [2.24, 2.45) is 11.8 Å². The molecule has 3 amide bonds. The minimum atomic E-state index is -0.627. The van der Waals surface area contributed by atoms with Gasteiger partial charge in [-0.25, -0.2) is 0 Å². The Balaban J connectivity index is 1.57. The Hall–Kier alpha value is -1.78. The highest BCUT2D eigenvalue weighted by atomic mass is 79.9. The maximum absolute atomic E-state index is 14.0. The van der Waals surface area contributed by atoms with Crippen LogP contribution in [0.5, 0.6) is 5.75 Å². The number of rotatable bonds is 14. The van der Waals surface area contributed by atoms with Crippen molar-refractivity contribution in [3.63, 3.8) is 0 Å². The fraction of sp³-hybridized carbons (Fsp3) is 0.679. The van der Waals surface area contributed by atoms with Crippen molar-refractivity contribution >= 4 is 51.1 Å². The summed E-state index contributed by atoms with van der Waals surface area (Å²) in [7, 11) is 0.